The number of carboxylic acid groups (broad SMARTS) is 1. The number of nitrogens with zero attached hydrogens (tertiary/aromatic N) is 5. The number of aromatic nitrogens is 1. The van der Waals surface area contributed by atoms with E-state index in [0.717, 1.165) is 12.1 Å². The number of aliphatic carboxylic acids is 1. The van der Waals surface area contributed by atoms with Gasteiger partial charge < -0.3 is 24.5 Å². The molecular formula is C37H39F4N5O4. The first-order valence-electron chi connectivity index (χ1n) is 16.8. The zero-order valence-corrected chi connectivity index (χ0v) is 27.9. The van der Waals surface area contributed by atoms with E-state index in [9.17, 15) is 33.1 Å². The molecule has 0 radical (unpaired) electrons. The summed E-state index contributed by atoms with van der Waals surface area (Å²) in [5.74, 6) is -2.96. The fraction of sp³-hybridized carbons (Fsp3) is 0.459. The Morgan fingerprint density at radius 2 is 1.76 bits per heavy atom. The maximum absolute atomic E-state index is 17.7. The van der Waals surface area contributed by atoms with Crippen molar-refractivity contribution in [3.05, 3.63) is 83.2 Å². The van der Waals surface area contributed by atoms with E-state index in [4.69, 9.17) is 4.74 Å². The number of hydrogen-bond acceptors (Lipinski definition) is 7. The SMILES string of the molecule is CC[C@H]1CN(C(=O)[C@]2(F)CN(c3ccnc(C#N)c3)C[C@H]2c2ccc(OC)cc2)C[C@@H]1c1ccc(C(F)(F)F)cc1N1CCC(C(=O)O)CC1. The maximum Gasteiger partial charge on any atom is 0.416 e. The molecule has 50 heavy (non-hydrogen) atoms. The van der Waals surface area contributed by atoms with Gasteiger partial charge >= 0.3 is 12.1 Å². The number of ether oxygens (including phenoxy) is 1. The van der Waals surface area contributed by atoms with Gasteiger partial charge in [0.1, 0.15) is 17.5 Å². The third-order valence-electron chi connectivity index (χ3n) is 10.7. The second-order valence-electron chi connectivity index (χ2n) is 13.4. The number of anilines is 2. The number of rotatable bonds is 8. The highest BCUT2D eigenvalue weighted by Gasteiger charge is 2.57. The van der Waals surface area contributed by atoms with Crippen LogP contribution in [0.3, 0.4) is 0 Å². The van der Waals surface area contributed by atoms with Gasteiger partial charge in [0.15, 0.2) is 0 Å². The average molecular weight is 694 g/mol. The highest BCUT2D eigenvalue weighted by Crippen LogP contribution is 2.47. The summed E-state index contributed by atoms with van der Waals surface area (Å²) in [6.07, 6.45) is -1.89. The van der Waals surface area contributed by atoms with E-state index >= 15 is 4.39 Å². The number of likely N-dealkylation sites (tertiary alicyclic amines) is 1. The Bertz CT molecular complexity index is 1770. The number of amides is 1. The molecule has 13 heteroatoms. The minimum absolute atomic E-state index is 0.121. The molecule has 3 aliphatic heterocycles. The number of nitriles is 1. The van der Waals surface area contributed by atoms with Gasteiger partial charge in [-0.1, -0.05) is 31.5 Å². The molecule has 0 spiro atoms. The second kappa shape index (κ2) is 13.8. The molecule has 4 heterocycles. The predicted octanol–water partition coefficient (Wildman–Crippen LogP) is 6.25. The van der Waals surface area contributed by atoms with E-state index < -0.39 is 41.1 Å². The summed E-state index contributed by atoms with van der Waals surface area (Å²) in [7, 11) is 1.53. The molecular weight excluding hydrogens is 654 g/mol. The van der Waals surface area contributed by atoms with Gasteiger partial charge in [-0.3, -0.25) is 9.59 Å². The summed E-state index contributed by atoms with van der Waals surface area (Å²) in [5, 5.41) is 18.9. The first-order chi connectivity index (χ1) is 23.9. The molecule has 0 aliphatic carbocycles. The van der Waals surface area contributed by atoms with Crippen LogP contribution in [0.2, 0.25) is 0 Å². The van der Waals surface area contributed by atoms with Crippen LogP contribution in [0.5, 0.6) is 5.75 Å². The molecule has 9 nitrogen and oxygen atoms in total. The van der Waals surface area contributed by atoms with Crippen LogP contribution < -0.4 is 14.5 Å². The number of piperidine rings is 1. The van der Waals surface area contributed by atoms with Crippen LogP contribution in [0.15, 0.2) is 60.8 Å². The first-order valence-corrected chi connectivity index (χ1v) is 16.8. The lowest BCUT2D eigenvalue weighted by atomic mass is 9.84. The lowest BCUT2D eigenvalue weighted by molar-refractivity contribution is -0.143. The van der Waals surface area contributed by atoms with Crippen molar-refractivity contribution in [2.24, 2.45) is 11.8 Å². The Morgan fingerprint density at radius 3 is 2.38 bits per heavy atom. The van der Waals surface area contributed by atoms with E-state index in [1.54, 1.807) is 41.3 Å². The van der Waals surface area contributed by atoms with Crippen molar-refractivity contribution < 1.29 is 37.0 Å². The monoisotopic (exact) mass is 693 g/mol. The number of hydrogen-bond donors (Lipinski definition) is 1. The van der Waals surface area contributed by atoms with E-state index in [1.165, 1.54) is 24.3 Å². The van der Waals surface area contributed by atoms with Gasteiger partial charge in [-0.05, 0) is 66.3 Å². The van der Waals surface area contributed by atoms with Gasteiger partial charge in [0.2, 0.25) is 5.67 Å². The van der Waals surface area contributed by atoms with E-state index in [1.807, 2.05) is 17.9 Å². The Labute approximate surface area is 288 Å². The Hall–Kier alpha value is -4.86. The van der Waals surface area contributed by atoms with Crippen LogP contribution in [0.25, 0.3) is 0 Å². The standard InChI is InChI=1S/C37H39F4N5O4/c1-3-23-19-45(20-31(23)30-9-6-26(37(39,40)41)16-33(30)44-14-11-25(12-15-44)34(47)48)35(49)36(38)22-46(28-10-13-43-27(17-28)18-42)21-32(36)24-4-7-29(50-2)8-5-24/h4-10,13,16-17,23,25,31-32H,3,11-12,14-15,19-22H2,1-2H3,(H,47,48)/t23-,31-,32-,36-/m0/s1. The summed E-state index contributed by atoms with van der Waals surface area (Å²) in [4.78, 5) is 35.2. The van der Waals surface area contributed by atoms with Crippen molar-refractivity contribution in [1.29, 1.82) is 5.26 Å². The molecule has 264 valence electrons. The van der Waals surface area contributed by atoms with Crippen LogP contribution in [0.1, 0.15) is 60.4 Å². The van der Waals surface area contributed by atoms with Crippen molar-refractivity contribution >= 4 is 23.3 Å². The van der Waals surface area contributed by atoms with E-state index in [0.29, 0.717) is 47.5 Å². The molecule has 0 bridgehead atoms. The van der Waals surface area contributed by atoms with Crippen molar-refractivity contribution in [2.75, 3.05) is 56.2 Å². The number of benzene rings is 2. The van der Waals surface area contributed by atoms with Gasteiger partial charge in [0.05, 0.1) is 25.1 Å². The lowest BCUT2D eigenvalue weighted by Gasteiger charge is -2.35. The third-order valence-corrected chi connectivity index (χ3v) is 10.7. The quantitative estimate of drug-likeness (QED) is 0.276. The number of pyridine rings is 1. The van der Waals surface area contributed by atoms with Gasteiger partial charge in [0.25, 0.3) is 5.91 Å². The van der Waals surface area contributed by atoms with Crippen molar-refractivity contribution in [1.82, 2.24) is 9.88 Å². The van der Waals surface area contributed by atoms with Crippen LogP contribution in [-0.2, 0) is 15.8 Å². The molecule has 2 aromatic carbocycles. The number of carbonyl (C=O) groups excluding carboxylic acids is 1. The number of halogens is 4. The molecule has 6 rings (SSSR count). The van der Waals surface area contributed by atoms with Gasteiger partial charge in [-0.15, -0.1) is 0 Å². The lowest BCUT2D eigenvalue weighted by Crippen LogP contribution is -2.50. The molecule has 1 aromatic heterocycles. The summed E-state index contributed by atoms with van der Waals surface area (Å²) < 4.78 is 64.8. The fourth-order valence-electron chi connectivity index (χ4n) is 7.85. The topological polar surface area (TPSA) is 110 Å². The molecule has 3 aromatic rings. The van der Waals surface area contributed by atoms with Crippen LogP contribution in [0.4, 0.5) is 28.9 Å². The van der Waals surface area contributed by atoms with Crippen molar-refractivity contribution in [3.8, 4) is 11.8 Å². The summed E-state index contributed by atoms with van der Waals surface area (Å²) >= 11 is 0. The zero-order chi connectivity index (χ0) is 35.8. The zero-order valence-electron chi connectivity index (χ0n) is 27.9. The fourth-order valence-corrected chi connectivity index (χ4v) is 7.85. The Morgan fingerprint density at radius 1 is 1.04 bits per heavy atom. The number of carboxylic acids is 1. The molecule has 0 unspecified atom stereocenters. The second-order valence-corrected chi connectivity index (χ2v) is 13.4. The molecule has 3 saturated heterocycles. The molecule has 1 N–H and O–H groups in total. The van der Waals surface area contributed by atoms with Crippen LogP contribution >= 0.6 is 0 Å². The number of carbonyl (C=O) groups is 2. The molecule has 4 atom stereocenters. The van der Waals surface area contributed by atoms with Gasteiger partial charge in [0, 0.05) is 62.1 Å². The van der Waals surface area contributed by atoms with Crippen molar-refractivity contribution in [3.63, 3.8) is 0 Å². The van der Waals surface area contributed by atoms with Crippen LogP contribution in [-0.4, -0.2) is 78.9 Å². The van der Waals surface area contributed by atoms with E-state index in [2.05, 4.69) is 4.98 Å². The molecule has 1 amide bonds. The minimum atomic E-state index is -4.58. The highest BCUT2D eigenvalue weighted by atomic mass is 19.4. The predicted molar refractivity (Wildman–Crippen MR) is 178 cm³/mol. The summed E-state index contributed by atoms with van der Waals surface area (Å²) in [6, 6.07) is 15.8. The Kier molecular flexibility index (Phi) is 9.66. The van der Waals surface area contributed by atoms with E-state index in [-0.39, 0.29) is 56.8 Å². The third kappa shape index (κ3) is 6.67. The van der Waals surface area contributed by atoms with Crippen molar-refractivity contribution in [2.45, 2.75) is 49.9 Å². The summed E-state index contributed by atoms with van der Waals surface area (Å²) in [6.45, 7) is 2.77. The number of alkyl halides is 4. The van der Waals surface area contributed by atoms with Gasteiger partial charge in [-0.2, -0.15) is 18.4 Å². The Balaban J connectivity index is 1.33. The highest BCUT2D eigenvalue weighted by molar-refractivity contribution is 5.89. The largest absolute Gasteiger partial charge is 0.497 e. The normalized spacial score (nSPS) is 24.3. The number of methoxy groups -OCH3 is 1. The van der Waals surface area contributed by atoms with Crippen LogP contribution in [0, 0.1) is 23.2 Å². The molecule has 3 aliphatic rings. The smallest absolute Gasteiger partial charge is 0.416 e. The van der Waals surface area contributed by atoms with Gasteiger partial charge in [-0.25, -0.2) is 9.37 Å². The minimum Gasteiger partial charge on any atom is -0.497 e. The maximum atomic E-state index is 17.7. The molecule has 0 saturated carbocycles. The summed E-state index contributed by atoms with van der Waals surface area (Å²) in [5.41, 5.74) is -0.806. The average Bonchev–Trinajstić information content (AvgIpc) is 3.73. The molecule has 3 fully saturated rings. The first kappa shape index (κ1) is 35.0.